The van der Waals surface area contributed by atoms with Crippen molar-refractivity contribution in [1.29, 1.82) is 0 Å². The molecule has 100 valence electrons. The Morgan fingerprint density at radius 2 is 1.83 bits per heavy atom. The molecule has 1 unspecified atom stereocenters. The van der Waals surface area contributed by atoms with E-state index in [1.54, 1.807) is 6.92 Å². The van der Waals surface area contributed by atoms with Gasteiger partial charge in [-0.2, -0.15) is 0 Å². The molecule has 0 fully saturated rings. The summed E-state index contributed by atoms with van der Waals surface area (Å²) in [6.45, 7) is 11.9. The molecule has 0 radical (unpaired) electrons. The van der Waals surface area contributed by atoms with Gasteiger partial charge in [0, 0.05) is 6.42 Å². The summed E-state index contributed by atoms with van der Waals surface area (Å²) in [6.07, 6.45) is 0.259. The van der Waals surface area contributed by atoms with Crippen LogP contribution >= 0.6 is 0 Å². The molecule has 1 aromatic rings. The summed E-state index contributed by atoms with van der Waals surface area (Å²) in [5, 5.41) is 0. The lowest BCUT2D eigenvalue weighted by atomic mass is 9.92. The first-order valence-corrected chi connectivity index (χ1v) is 6.07. The quantitative estimate of drug-likeness (QED) is 0.326. The average Bonchev–Trinajstić information content (AvgIpc) is 2.24. The fraction of sp³-hybridized carbons (Fsp3) is 0.467. The predicted molar refractivity (Wildman–Crippen MR) is 71.9 cm³/mol. The van der Waals surface area contributed by atoms with Crippen LogP contribution in [-0.4, -0.2) is 6.29 Å². The second kappa shape index (κ2) is 6.45. The third-order valence-electron chi connectivity index (χ3n) is 2.11. The molecule has 0 aliphatic rings. The van der Waals surface area contributed by atoms with Crippen molar-refractivity contribution >= 4 is 0 Å². The molecular weight excluding hydrogens is 228 g/mol. The summed E-state index contributed by atoms with van der Waals surface area (Å²) in [4.78, 5) is 10.6. The van der Waals surface area contributed by atoms with Gasteiger partial charge in [0.15, 0.2) is 5.75 Å². The highest BCUT2D eigenvalue weighted by molar-refractivity contribution is 5.20. The Morgan fingerprint density at radius 3 is 2.33 bits per heavy atom. The van der Waals surface area contributed by atoms with Gasteiger partial charge in [0.05, 0.1) is 5.76 Å². The maximum atomic E-state index is 5.51. The number of para-hydroxylation sites is 1. The van der Waals surface area contributed by atoms with E-state index < -0.39 is 6.29 Å². The van der Waals surface area contributed by atoms with Crippen LogP contribution in [0.3, 0.4) is 0 Å². The Labute approximate surface area is 109 Å². The Balaban J connectivity index is 2.53. The molecule has 0 aliphatic carbocycles. The van der Waals surface area contributed by atoms with Gasteiger partial charge in [-0.05, 0) is 24.5 Å². The maximum Gasteiger partial charge on any atom is 0.242 e. The highest BCUT2D eigenvalue weighted by Gasteiger charge is 2.22. The van der Waals surface area contributed by atoms with Crippen molar-refractivity contribution < 1.29 is 14.5 Å². The zero-order valence-electron chi connectivity index (χ0n) is 11.6. The summed E-state index contributed by atoms with van der Waals surface area (Å²) >= 11 is 0. The number of hydrogen-bond donors (Lipinski definition) is 0. The van der Waals surface area contributed by atoms with Crippen molar-refractivity contribution in [1.82, 2.24) is 0 Å². The lowest BCUT2D eigenvalue weighted by Crippen LogP contribution is -2.24. The fourth-order valence-corrected chi connectivity index (χ4v) is 1.40. The van der Waals surface area contributed by atoms with Gasteiger partial charge < -0.3 is 9.62 Å². The van der Waals surface area contributed by atoms with Crippen LogP contribution in [0.1, 0.15) is 34.1 Å². The lowest BCUT2D eigenvalue weighted by molar-refractivity contribution is -0.316. The van der Waals surface area contributed by atoms with Gasteiger partial charge in [-0.15, -0.1) is 4.89 Å². The van der Waals surface area contributed by atoms with Gasteiger partial charge in [0.25, 0.3) is 0 Å². The molecule has 0 spiro atoms. The molecule has 1 aromatic carbocycles. The summed E-state index contributed by atoms with van der Waals surface area (Å²) in [7, 11) is 0. The Morgan fingerprint density at radius 1 is 1.22 bits per heavy atom. The lowest BCUT2D eigenvalue weighted by Gasteiger charge is -2.25. The van der Waals surface area contributed by atoms with Crippen LogP contribution in [0.25, 0.3) is 0 Å². The molecule has 1 rings (SSSR count). The first-order valence-electron chi connectivity index (χ1n) is 6.07. The minimum absolute atomic E-state index is 0.0835. The predicted octanol–water partition coefficient (Wildman–Crippen LogP) is 4.31. The molecule has 0 amide bonds. The summed E-state index contributed by atoms with van der Waals surface area (Å²) in [5.74, 6) is 1.27. The van der Waals surface area contributed by atoms with Crippen LogP contribution in [0.5, 0.6) is 5.75 Å². The van der Waals surface area contributed by atoms with Crippen LogP contribution in [0.15, 0.2) is 42.7 Å². The van der Waals surface area contributed by atoms with E-state index in [4.69, 9.17) is 14.5 Å². The Bertz CT molecular complexity index is 365. The van der Waals surface area contributed by atoms with Crippen molar-refractivity contribution in [2.45, 2.75) is 40.4 Å². The van der Waals surface area contributed by atoms with Crippen molar-refractivity contribution in [3.05, 3.63) is 42.7 Å². The molecule has 3 nitrogen and oxygen atoms in total. The molecule has 0 saturated heterocycles. The topological polar surface area (TPSA) is 27.7 Å². The van der Waals surface area contributed by atoms with E-state index in [0.29, 0.717) is 17.9 Å². The number of allylic oxidation sites excluding steroid dienone is 1. The summed E-state index contributed by atoms with van der Waals surface area (Å²) in [6, 6.07) is 9.35. The second-order valence-electron chi connectivity index (χ2n) is 5.51. The van der Waals surface area contributed by atoms with Crippen molar-refractivity contribution in [2.24, 2.45) is 5.41 Å². The Kier molecular flexibility index (Phi) is 5.23. The van der Waals surface area contributed by atoms with Crippen LogP contribution in [0, 0.1) is 5.41 Å². The molecule has 0 N–H and O–H groups in total. The largest absolute Gasteiger partial charge is 0.466 e. The first kappa shape index (κ1) is 14.6. The fourth-order valence-electron chi connectivity index (χ4n) is 1.40. The molecule has 0 aromatic heterocycles. The maximum absolute atomic E-state index is 5.51. The van der Waals surface area contributed by atoms with Gasteiger partial charge in [-0.1, -0.05) is 45.5 Å². The highest BCUT2D eigenvalue weighted by atomic mass is 17.2. The average molecular weight is 250 g/mol. The smallest absolute Gasteiger partial charge is 0.242 e. The van der Waals surface area contributed by atoms with E-state index in [-0.39, 0.29) is 5.41 Å². The summed E-state index contributed by atoms with van der Waals surface area (Å²) < 4.78 is 5.51. The van der Waals surface area contributed by atoms with Crippen LogP contribution in [0.2, 0.25) is 0 Å². The first-order chi connectivity index (χ1) is 8.37. The standard InChI is InChI=1S/C15H22O3/c1-12(2)16-14(11-15(3,4)5)18-17-13-9-7-6-8-10-13/h6-10,14H,1,11H2,2-5H3. The number of rotatable bonds is 6. The third-order valence-corrected chi connectivity index (χ3v) is 2.11. The van der Waals surface area contributed by atoms with E-state index in [1.165, 1.54) is 0 Å². The molecule has 1 atom stereocenters. The molecular formula is C15H22O3. The van der Waals surface area contributed by atoms with Gasteiger partial charge in [0.1, 0.15) is 0 Å². The molecule has 3 heteroatoms. The van der Waals surface area contributed by atoms with Crippen LogP contribution in [-0.2, 0) is 9.62 Å². The van der Waals surface area contributed by atoms with E-state index in [9.17, 15) is 0 Å². The Hall–Kier alpha value is -1.48. The molecule has 0 saturated carbocycles. The third kappa shape index (κ3) is 6.30. The second-order valence-corrected chi connectivity index (χ2v) is 5.51. The molecule has 18 heavy (non-hydrogen) atoms. The normalized spacial score (nSPS) is 12.9. The van der Waals surface area contributed by atoms with Crippen molar-refractivity contribution in [2.75, 3.05) is 0 Å². The van der Waals surface area contributed by atoms with Crippen LogP contribution < -0.4 is 4.89 Å². The molecule has 0 heterocycles. The molecule has 0 bridgehead atoms. The minimum atomic E-state index is -0.456. The molecule has 0 aliphatic heterocycles. The zero-order chi connectivity index (χ0) is 13.6. The highest BCUT2D eigenvalue weighted by Crippen LogP contribution is 2.24. The summed E-state index contributed by atoms with van der Waals surface area (Å²) in [5.41, 5.74) is 0.0835. The van der Waals surface area contributed by atoms with Gasteiger partial charge in [-0.3, -0.25) is 0 Å². The van der Waals surface area contributed by atoms with Gasteiger partial charge in [0.2, 0.25) is 6.29 Å². The monoisotopic (exact) mass is 250 g/mol. The SMILES string of the molecule is C=C(C)OC(CC(C)(C)C)OOc1ccccc1. The number of hydrogen-bond acceptors (Lipinski definition) is 3. The minimum Gasteiger partial charge on any atom is -0.466 e. The zero-order valence-corrected chi connectivity index (χ0v) is 11.6. The van der Waals surface area contributed by atoms with Crippen LogP contribution in [0.4, 0.5) is 0 Å². The van der Waals surface area contributed by atoms with E-state index >= 15 is 0 Å². The number of ether oxygens (including phenoxy) is 1. The van der Waals surface area contributed by atoms with Gasteiger partial charge >= 0.3 is 0 Å². The van der Waals surface area contributed by atoms with Crippen molar-refractivity contribution in [3.8, 4) is 5.75 Å². The van der Waals surface area contributed by atoms with E-state index in [0.717, 1.165) is 0 Å². The van der Waals surface area contributed by atoms with Crippen molar-refractivity contribution in [3.63, 3.8) is 0 Å². The van der Waals surface area contributed by atoms with Gasteiger partial charge in [-0.25, -0.2) is 0 Å². The van der Waals surface area contributed by atoms with E-state index in [1.807, 2.05) is 30.3 Å². The van der Waals surface area contributed by atoms with E-state index in [2.05, 4.69) is 27.4 Å². The number of benzene rings is 1.